The van der Waals surface area contributed by atoms with Crippen molar-refractivity contribution in [2.75, 3.05) is 25.1 Å². The number of ketones is 1. The Hall–Kier alpha value is -2.52. The zero-order chi connectivity index (χ0) is 21.8. The van der Waals surface area contributed by atoms with E-state index in [9.17, 15) is 4.79 Å². The molecule has 2 N–H and O–H groups in total. The summed E-state index contributed by atoms with van der Waals surface area (Å²) in [5.41, 5.74) is 3.20. The maximum absolute atomic E-state index is 12.5. The number of hydrogen-bond acceptors (Lipinski definition) is 7. The van der Waals surface area contributed by atoms with Crippen LogP contribution in [-0.2, 0) is 11.8 Å². The molecule has 2 aromatic carbocycles. The summed E-state index contributed by atoms with van der Waals surface area (Å²) >= 11 is 7.57. The zero-order valence-corrected chi connectivity index (χ0v) is 18.7. The summed E-state index contributed by atoms with van der Waals surface area (Å²) in [6, 6.07) is 11.2. The molecule has 162 valence electrons. The second-order valence-electron chi connectivity index (χ2n) is 7.17. The van der Waals surface area contributed by atoms with Gasteiger partial charge in [0.2, 0.25) is 5.95 Å². The van der Waals surface area contributed by atoms with Gasteiger partial charge in [0.15, 0.2) is 10.9 Å². The largest absolute Gasteiger partial charge is 0.396 e. The Labute approximate surface area is 188 Å². The van der Waals surface area contributed by atoms with E-state index in [1.54, 1.807) is 0 Å². The van der Waals surface area contributed by atoms with Crippen LogP contribution in [-0.4, -0.2) is 45.2 Å². The van der Waals surface area contributed by atoms with Crippen molar-refractivity contribution < 1.29 is 14.6 Å². The molecule has 7 nitrogen and oxygen atoms in total. The SMILES string of the molecule is Cn1c(Nc2nc3ccc(Cl)cc3s2)nc2cc(C(=O)CCCOCCCO)ccc21. The third kappa shape index (κ3) is 5.04. The summed E-state index contributed by atoms with van der Waals surface area (Å²) in [6.07, 6.45) is 1.68. The van der Waals surface area contributed by atoms with Crippen LogP contribution in [0.25, 0.3) is 21.3 Å². The predicted octanol–water partition coefficient (Wildman–Crippen LogP) is 4.94. The van der Waals surface area contributed by atoms with Crippen molar-refractivity contribution in [1.82, 2.24) is 14.5 Å². The number of ether oxygens (including phenoxy) is 1. The van der Waals surface area contributed by atoms with Gasteiger partial charge in [0.05, 0.1) is 21.3 Å². The molecular formula is C22H23ClN4O3S. The highest BCUT2D eigenvalue weighted by Crippen LogP contribution is 2.31. The Morgan fingerprint density at radius 2 is 2.00 bits per heavy atom. The lowest BCUT2D eigenvalue weighted by Crippen LogP contribution is -2.04. The van der Waals surface area contributed by atoms with Gasteiger partial charge in [-0.1, -0.05) is 22.9 Å². The number of carbonyl (C=O) groups excluding carboxylic acids is 1. The molecular weight excluding hydrogens is 436 g/mol. The van der Waals surface area contributed by atoms with Crippen molar-refractivity contribution in [2.24, 2.45) is 7.05 Å². The van der Waals surface area contributed by atoms with Crippen molar-refractivity contribution >= 4 is 61.1 Å². The molecule has 0 aliphatic carbocycles. The number of benzene rings is 2. The lowest BCUT2D eigenvalue weighted by atomic mass is 10.1. The summed E-state index contributed by atoms with van der Waals surface area (Å²) < 4.78 is 8.33. The van der Waals surface area contributed by atoms with E-state index in [1.807, 2.05) is 48.0 Å². The second-order valence-corrected chi connectivity index (χ2v) is 8.64. The van der Waals surface area contributed by atoms with E-state index < -0.39 is 0 Å². The molecule has 0 radical (unpaired) electrons. The number of aliphatic hydroxyl groups is 1. The number of aryl methyl sites for hydroxylation is 1. The molecule has 9 heteroatoms. The van der Waals surface area contributed by atoms with Gasteiger partial charge in [-0.25, -0.2) is 9.97 Å². The number of anilines is 2. The maximum Gasteiger partial charge on any atom is 0.209 e. The van der Waals surface area contributed by atoms with Crippen LogP contribution < -0.4 is 5.32 Å². The fraction of sp³-hybridized carbons (Fsp3) is 0.318. The van der Waals surface area contributed by atoms with Gasteiger partial charge in [0.25, 0.3) is 0 Å². The van der Waals surface area contributed by atoms with Gasteiger partial charge in [-0.2, -0.15) is 0 Å². The monoisotopic (exact) mass is 458 g/mol. The standard InChI is InChI=1S/C22H23ClN4O3S/c1-27-18-8-5-14(19(29)4-2-10-30-11-3-9-28)12-17(18)24-21(27)26-22-25-16-7-6-15(23)13-20(16)31-22/h5-8,12-13,28H,2-4,9-11H2,1H3,(H,24,25,26). The minimum atomic E-state index is 0.0656. The Morgan fingerprint density at radius 1 is 1.16 bits per heavy atom. The smallest absolute Gasteiger partial charge is 0.209 e. The van der Waals surface area contributed by atoms with E-state index in [0.717, 1.165) is 26.4 Å². The molecule has 2 heterocycles. The number of Topliss-reactive ketones (excluding diaryl/α,β-unsaturated/α-hetero) is 1. The van der Waals surface area contributed by atoms with Crippen molar-refractivity contribution in [3.8, 4) is 0 Å². The van der Waals surface area contributed by atoms with Crippen LogP contribution in [0.5, 0.6) is 0 Å². The molecule has 0 bridgehead atoms. The van der Waals surface area contributed by atoms with E-state index in [1.165, 1.54) is 11.3 Å². The van der Waals surface area contributed by atoms with Gasteiger partial charge < -0.3 is 19.7 Å². The number of nitrogens with one attached hydrogen (secondary N) is 1. The molecule has 0 saturated heterocycles. The zero-order valence-electron chi connectivity index (χ0n) is 17.1. The molecule has 0 spiro atoms. The van der Waals surface area contributed by atoms with Gasteiger partial charge in [0.1, 0.15) is 0 Å². The van der Waals surface area contributed by atoms with Crippen LogP contribution in [0.1, 0.15) is 29.6 Å². The number of rotatable bonds is 10. The molecule has 0 fully saturated rings. The first-order valence-electron chi connectivity index (χ1n) is 10.1. The highest BCUT2D eigenvalue weighted by atomic mass is 35.5. The molecule has 0 aliphatic rings. The number of hydrogen-bond donors (Lipinski definition) is 2. The van der Waals surface area contributed by atoms with Crippen molar-refractivity contribution in [3.63, 3.8) is 0 Å². The van der Waals surface area contributed by atoms with Gasteiger partial charge >= 0.3 is 0 Å². The first kappa shape index (κ1) is 21.7. The Morgan fingerprint density at radius 3 is 2.84 bits per heavy atom. The number of halogens is 1. The van der Waals surface area contributed by atoms with Gasteiger partial charge in [-0.3, -0.25) is 4.79 Å². The molecule has 0 saturated carbocycles. The number of carbonyl (C=O) groups is 1. The summed E-state index contributed by atoms with van der Waals surface area (Å²) in [4.78, 5) is 21.8. The number of aliphatic hydroxyl groups excluding tert-OH is 1. The lowest BCUT2D eigenvalue weighted by Gasteiger charge is -2.04. The normalized spacial score (nSPS) is 11.5. The van der Waals surface area contributed by atoms with Gasteiger partial charge in [-0.15, -0.1) is 0 Å². The average molecular weight is 459 g/mol. The number of fused-ring (bicyclic) bond motifs is 2. The number of nitrogens with zero attached hydrogens (tertiary/aromatic N) is 3. The molecule has 4 rings (SSSR count). The second kappa shape index (κ2) is 9.74. The maximum atomic E-state index is 12.5. The highest BCUT2D eigenvalue weighted by Gasteiger charge is 2.13. The highest BCUT2D eigenvalue weighted by molar-refractivity contribution is 7.22. The summed E-state index contributed by atoms with van der Waals surface area (Å²) in [6.45, 7) is 1.15. The van der Waals surface area contributed by atoms with Crippen molar-refractivity contribution in [1.29, 1.82) is 0 Å². The molecule has 0 aliphatic heterocycles. The first-order chi connectivity index (χ1) is 15.0. The van der Waals surface area contributed by atoms with E-state index in [2.05, 4.69) is 15.3 Å². The molecule has 2 aromatic heterocycles. The van der Waals surface area contributed by atoms with Crippen LogP contribution >= 0.6 is 22.9 Å². The third-order valence-corrected chi connectivity index (χ3v) is 6.08. The Balaban J connectivity index is 1.46. The molecule has 0 unspecified atom stereocenters. The van der Waals surface area contributed by atoms with Gasteiger partial charge in [-0.05, 0) is 49.2 Å². The van der Waals surface area contributed by atoms with Crippen LogP contribution in [0.15, 0.2) is 36.4 Å². The number of aromatic nitrogens is 3. The van der Waals surface area contributed by atoms with E-state index in [0.29, 0.717) is 49.0 Å². The number of thiazole rings is 1. The summed E-state index contributed by atoms with van der Waals surface area (Å²) in [5.74, 6) is 0.720. The quantitative estimate of drug-likeness (QED) is 0.258. The van der Waals surface area contributed by atoms with E-state index in [-0.39, 0.29) is 12.4 Å². The Bertz CT molecular complexity index is 1220. The number of imidazole rings is 1. The molecule has 4 aromatic rings. The third-order valence-electron chi connectivity index (χ3n) is 4.91. The summed E-state index contributed by atoms with van der Waals surface area (Å²) in [5, 5.41) is 13.4. The fourth-order valence-corrected chi connectivity index (χ4v) is 4.42. The summed E-state index contributed by atoms with van der Waals surface area (Å²) in [7, 11) is 1.92. The van der Waals surface area contributed by atoms with Crippen LogP contribution in [0.3, 0.4) is 0 Å². The van der Waals surface area contributed by atoms with Gasteiger partial charge in [0, 0.05) is 43.9 Å². The van der Waals surface area contributed by atoms with Crippen molar-refractivity contribution in [3.05, 3.63) is 47.0 Å². The molecule has 31 heavy (non-hydrogen) atoms. The molecule has 0 atom stereocenters. The lowest BCUT2D eigenvalue weighted by molar-refractivity contribution is 0.0915. The van der Waals surface area contributed by atoms with Crippen LogP contribution in [0.2, 0.25) is 5.02 Å². The van der Waals surface area contributed by atoms with E-state index >= 15 is 0 Å². The fourth-order valence-electron chi connectivity index (χ4n) is 3.28. The van der Waals surface area contributed by atoms with E-state index in [4.69, 9.17) is 21.4 Å². The molecule has 0 amide bonds. The van der Waals surface area contributed by atoms with Crippen LogP contribution in [0, 0.1) is 0 Å². The first-order valence-corrected chi connectivity index (χ1v) is 11.3. The topological polar surface area (TPSA) is 89.3 Å². The van der Waals surface area contributed by atoms with Crippen molar-refractivity contribution in [2.45, 2.75) is 19.3 Å². The minimum Gasteiger partial charge on any atom is -0.396 e. The minimum absolute atomic E-state index is 0.0656. The Kier molecular flexibility index (Phi) is 6.82. The van der Waals surface area contributed by atoms with Crippen LogP contribution in [0.4, 0.5) is 11.1 Å². The predicted molar refractivity (Wildman–Crippen MR) is 125 cm³/mol. The average Bonchev–Trinajstić information content (AvgIpc) is 3.30.